The van der Waals surface area contributed by atoms with Crippen LogP contribution in [0.25, 0.3) is 10.9 Å². The van der Waals surface area contributed by atoms with Crippen LogP contribution in [0.2, 0.25) is 10.0 Å². The zero-order valence-corrected chi connectivity index (χ0v) is 14.7. The first-order chi connectivity index (χ1) is 12.5. The highest BCUT2D eigenvalue weighted by Gasteiger charge is 2.18. The molecule has 0 spiro atoms. The van der Waals surface area contributed by atoms with Crippen LogP contribution in [0.1, 0.15) is 16.1 Å². The molecule has 0 fully saturated rings. The zero-order valence-electron chi connectivity index (χ0n) is 13.2. The lowest BCUT2D eigenvalue weighted by Crippen LogP contribution is -2.21. The number of hydrogen-bond acceptors (Lipinski definition) is 4. The topological polar surface area (TPSA) is 95.0 Å². The molecule has 1 amide bonds. The van der Waals surface area contributed by atoms with Crippen molar-refractivity contribution in [3.8, 4) is 6.07 Å². The number of carbonyl (C=O) groups excluding carboxylic acids is 2. The number of rotatable bonds is 4. The fourth-order valence-electron chi connectivity index (χ4n) is 2.33. The molecule has 0 saturated heterocycles. The van der Waals surface area contributed by atoms with E-state index in [9.17, 15) is 9.59 Å². The Balaban J connectivity index is 1.63. The van der Waals surface area contributed by atoms with Crippen LogP contribution in [-0.2, 0) is 9.53 Å². The van der Waals surface area contributed by atoms with E-state index in [0.29, 0.717) is 22.2 Å². The second-order valence-corrected chi connectivity index (χ2v) is 6.08. The lowest BCUT2D eigenvalue weighted by Gasteiger charge is -2.07. The van der Waals surface area contributed by atoms with Gasteiger partial charge in [0, 0.05) is 16.6 Å². The molecule has 3 aromatic rings. The van der Waals surface area contributed by atoms with Crippen molar-refractivity contribution in [3.63, 3.8) is 0 Å². The Hall–Kier alpha value is -3.01. The lowest BCUT2D eigenvalue weighted by atomic mass is 10.2. The molecule has 130 valence electrons. The maximum atomic E-state index is 12.2. The van der Waals surface area contributed by atoms with Gasteiger partial charge in [0.2, 0.25) is 0 Å². The summed E-state index contributed by atoms with van der Waals surface area (Å²) in [6.07, 6.45) is 0. The van der Waals surface area contributed by atoms with Gasteiger partial charge in [-0.2, -0.15) is 5.26 Å². The van der Waals surface area contributed by atoms with Gasteiger partial charge in [0.05, 0.1) is 15.6 Å². The summed E-state index contributed by atoms with van der Waals surface area (Å²) in [4.78, 5) is 27.0. The highest BCUT2D eigenvalue weighted by molar-refractivity contribution is 6.38. The molecular formula is C18H11Cl2N3O3. The Morgan fingerprint density at radius 1 is 1.19 bits per heavy atom. The number of esters is 1. The minimum Gasteiger partial charge on any atom is -0.451 e. The van der Waals surface area contributed by atoms with Gasteiger partial charge in [0.1, 0.15) is 11.8 Å². The van der Waals surface area contributed by atoms with E-state index in [0.717, 1.165) is 0 Å². The number of halogens is 2. The first kappa shape index (κ1) is 17.8. The molecule has 2 aromatic carbocycles. The van der Waals surface area contributed by atoms with E-state index < -0.39 is 18.5 Å². The number of para-hydroxylation sites is 1. The predicted octanol–water partition coefficient (Wildman–Crippen LogP) is 4.14. The molecule has 26 heavy (non-hydrogen) atoms. The largest absolute Gasteiger partial charge is 0.451 e. The number of aromatic amines is 1. The van der Waals surface area contributed by atoms with Crippen LogP contribution < -0.4 is 5.32 Å². The average molecular weight is 388 g/mol. The summed E-state index contributed by atoms with van der Waals surface area (Å²) in [6.45, 7) is -0.498. The van der Waals surface area contributed by atoms with Gasteiger partial charge in [-0.3, -0.25) is 4.79 Å². The lowest BCUT2D eigenvalue weighted by molar-refractivity contribution is -0.119. The summed E-state index contributed by atoms with van der Waals surface area (Å²) in [6, 6.07) is 13.5. The quantitative estimate of drug-likeness (QED) is 0.657. The van der Waals surface area contributed by atoms with Gasteiger partial charge >= 0.3 is 5.97 Å². The number of aromatic nitrogens is 1. The van der Waals surface area contributed by atoms with Crippen LogP contribution >= 0.6 is 23.2 Å². The third-order valence-corrected chi connectivity index (χ3v) is 4.26. The van der Waals surface area contributed by atoms with Crippen molar-refractivity contribution >= 4 is 51.7 Å². The van der Waals surface area contributed by atoms with E-state index in [-0.39, 0.29) is 15.7 Å². The van der Waals surface area contributed by atoms with Crippen molar-refractivity contribution in [2.24, 2.45) is 0 Å². The van der Waals surface area contributed by atoms with E-state index in [1.165, 1.54) is 18.2 Å². The molecule has 0 aliphatic heterocycles. The van der Waals surface area contributed by atoms with Crippen molar-refractivity contribution in [1.29, 1.82) is 5.26 Å². The monoisotopic (exact) mass is 387 g/mol. The molecule has 0 atom stereocenters. The van der Waals surface area contributed by atoms with Gasteiger partial charge < -0.3 is 15.0 Å². The number of carbonyl (C=O) groups is 2. The molecule has 0 aliphatic carbocycles. The number of nitrogens with one attached hydrogen (secondary N) is 2. The number of benzene rings is 2. The third kappa shape index (κ3) is 3.64. The molecule has 6 nitrogen and oxygen atoms in total. The normalized spacial score (nSPS) is 10.3. The van der Waals surface area contributed by atoms with E-state index in [2.05, 4.69) is 10.3 Å². The minimum atomic E-state index is -0.737. The molecule has 8 heteroatoms. The Morgan fingerprint density at radius 2 is 1.96 bits per heavy atom. The molecular weight excluding hydrogens is 377 g/mol. The van der Waals surface area contributed by atoms with Crippen molar-refractivity contribution in [2.75, 3.05) is 11.9 Å². The minimum absolute atomic E-state index is 0.0853. The first-order valence-corrected chi connectivity index (χ1v) is 8.18. The summed E-state index contributed by atoms with van der Waals surface area (Å²) in [5.74, 6) is -1.29. The first-order valence-electron chi connectivity index (χ1n) is 7.42. The average Bonchev–Trinajstić information content (AvgIpc) is 2.97. The predicted molar refractivity (Wildman–Crippen MR) is 98.4 cm³/mol. The van der Waals surface area contributed by atoms with Crippen LogP contribution in [0.4, 0.5) is 5.69 Å². The van der Waals surface area contributed by atoms with E-state index in [1.807, 2.05) is 6.07 Å². The molecule has 0 unspecified atom stereocenters. The number of nitriles is 1. The van der Waals surface area contributed by atoms with Crippen LogP contribution in [0.15, 0.2) is 42.5 Å². The smallest absolute Gasteiger partial charge is 0.356 e. The number of fused-ring (bicyclic) bond motifs is 1. The summed E-state index contributed by atoms with van der Waals surface area (Å²) < 4.78 is 5.00. The number of hydrogen-bond donors (Lipinski definition) is 2. The van der Waals surface area contributed by atoms with Gasteiger partial charge in [-0.25, -0.2) is 4.79 Å². The van der Waals surface area contributed by atoms with Gasteiger partial charge in [-0.15, -0.1) is 0 Å². The Labute approximate surface area is 158 Å². The number of nitrogens with zero attached hydrogens (tertiary/aromatic N) is 1. The molecule has 2 N–H and O–H groups in total. The van der Waals surface area contributed by atoms with Crippen LogP contribution in [-0.4, -0.2) is 23.5 Å². The van der Waals surface area contributed by atoms with E-state index in [4.69, 9.17) is 33.2 Å². The molecule has 3 rings (SSSR count). The Bertz CT molecular complexity index is 1050. The van der Waals surface area contributed by atoms with Crippen molar-refractivity contribution in [2.45, 2.75) is 0 Å². The molecule has 0 saturated carbocycles. The summed E-state index contributed by atoms with van der Waals surface area (Å²) in [7, 11) is 0. The van der Waals surface area contributed by atoms with Gasteiger partial charge in [-0.05, 0) is 24.3 Å². The zero-order chi connectivity index (χ0) is 18.7. The van der Waals surface area contributed by atoms with Gasteiger partial charge in [-0.1, -0.05) is 41.4 Å². The molecule has 0 bridgehead atoms. The Morgan fingerprint density at radius 3 is 2.65 bits per heavy atom. The van der Waals surface area contributed by atoms with Gasteiger partial charge in [0.25, 0.3) is 5.91 Å². The molecule has 1 heterocycles. The van der Waals surface area contributed by atoms with Crippen LogP contribution in [0.5, 0.6) is 0 Å². The maximum Gasteiger partial charge on any atom is 0.356 e. The fraction of sp³-hybridized carbons (Fsp3) is 0.0556. The molecule has 0 aliphatic rings. The fourth-order valence-corrected chi connectivity index (χ4v) is 2.84. The standard InChI is InChI=1S/C18H11Cl2N3O3/c19-13-7-11(6-5-10(13)8-21)22-15(24)9-26-18(25)17-16(20)12-3-1-2-4-14(12)23-17/h1-7,23H,9H2,(H,22,24). The SMILES string of the molecule is N#Cc1ccc(NC(=O)COC(=O)c2[nH]c3ccccc3c2Cl)cc1Cl. The second kappa shape index (κ2) is 7.48. The molecule has 1 aromatic heterocycles. The van der Waals surface area contributed by atoms with E-state index >= 15 is 0 Å². The van der Waals surface area contributed by atoms with Crippen LogP contribution in [0, 0.1) is 11.3 Å². The highest BCUT2D eigenvalue weighted by atomic mass is 35.5. The van der Waals surface area contributed by atoms with Crippen molar-refractivity contribution in [3.05, 3.63) is 63.8 Å². The maximum absolute atomic E-state index is 12.2. The number of anilines is 1. The number of H-pyrrole nitrogens is 1. The Kier molecular flexibility index (Phi) is 5.12. The van der Waals surface area contributed by atoms with E-state index in [1.54, 1.807) is 24.3 Å². The number of amides is 1. The highest BCUT2D eigenvalue weighted by Crippen LogP contribution is 2.27. The summed E-state index contributed by atoms with van der Waals surface area (Å²) in [5.41, 5.74) is 1.46. The summed E-state index contributed by atoms with van der Waals surface area (Å²) >= 11 is 12.1. The van der Waals surface area contributed by atoms with Crippen molar-refractivity contribution < 1.29 is 14.3 Å². The molecule has 0 radical (unpaired) electrons. The number of ether oxygens (including phenoxy) is 1. The van der Waals surface area contributed by atoms with Crippen LogP contribution in [0.3, 0.4) is 0 Å². The van der Waals surface area contributed by atoms with Crippen molar-refractivity contribution in [1.82, 2.24) is 4.98 Å². The third-order valence-electron chi connectivity index (χ3n) is 3.55. The van der Waals surface area contributed by atoms with Gasteiger partial charge in [0.15, 0.2) is 6.61 Å². The second-order valence-electron chi connectivity index (χ2n) is 5.29. The summed E-state index contributed by atoms with van der Waals surface area (Å²) in [5, 5.41) is 12.5.